The molecular formula is C16H23N5O2. The number of rotatable bonds is 5. The highest BCUT2D eigenvalue weighted by molar-refractivity contribution is 5.92. The molecule has 1 atom stereocenters. The summed E-state index contributed by atoms with van der Waals surface area (Å²) in [5, 5.41) is 7.05. The number of carbonyl (C=O) groups is 1. The minimum atomic E-state index is -0.290. The summed E-state index contributed by atoms with van der Waals surface area (Å²) in [6.07, 6.45) is 2.20. The van der Waals surface area contributed by atoms with Crippen molar-refractivity contribution < 1.29 is 4.79 Å². The lowest BCUT2D eigenvalue weighted by Crippen LogP contribution is -2.34. The highest BCUT2D eigenvalue weighted by Crippen LogP contribution is 2.19. The maximum Gasteiger partial charge on any atom is 0.268 e. The zero-order valence-electron chi connectivity index (χ0n) is 14.2. The Hall–Kier alpha value is -2.44. The van der Waals surface area contributed by atoms with Crippen LogP contribution in [0.15, 0.2) is 23.3 Å². The number of amides is 1. The first-order valence-electron chi connectivity index (χ1n) is 7.62. The van der Waals surface area contributed by atoms with Crippen LogP contribution in [0, 0.1) is 12.8 Å². The third-order valence-corrected chi connectivity index (χ3v) is 3.82. The second-order valence-corrected chi connectivity index (χ2v) is 6.17. The summed E-state index contributed by atoms with van der Waals surface area (Å²) < 4.78 is 3.36. The van der Waals surface area contributed by atoms with Gasteiger partial charge in [-0.1, -0.05) is 13.8 Å². The van der Waals surface area contributed by atoms with Crippen molar-refractivity contribution in [2.75, 3.05) is 0 Å². The largest absolute Gasteiger partial charge is 0.344 e. The second kappa shape index (κ2) is 6.76. The molecule has 2 aromatic heterocycles. The van der Waals surface area contributed by atoms with Gasteiger partial charge in [0, 0.05) is 31.9 Å². The SMILES string of the molecule is Cc1cc(=O)cc(C(=O)N[C@@H](CC(C)C)c2ncnn2C)n1C. The number of aromatic nitrogens is 4. The van der Waals surface area contributed by atoms with E-state index in [4.69, 9.17) is 0 Å². The molecule has 0 aliphatic heterocycles. The van der Waals surface area contributed by atoms with E-state index in [0.29, 0.717) is 17.4 Å². The van der Waals surface area contributed by atoms with Gasteiger partial charge in [-0.2, -0.15) is 5.10 Å². The van der Waals surface area contributed by atoms with E-state index < -0.39 is 0 Å². The standard InChI is InChI=1S/C16H23N5O2/c1-10(2)6-13(15-17-9-18-21(15)5)19-16(23)14-8-12(22)7-11(3)20(14)4/h7-10,13H,6H2,1-5H3,(H,19,23)/t13-/m0/s1. The summed E-state index contributed by atoms with van der Waals surface area (Å²) in [6.45, 7) is 5.96. The average Bonchev–Trinajstić information content (AvgIpc) is 2.87. The van der Waals surface area contributed by atoms with Crippen molar-refractivity contribution in [3.05, 3.63) is 45.9 Å². The van der Waals surface area contributed by atoms with Crippen molar-refractivity contribution in [2.45, 2.75) is 33.2 Å². The van der Waals surface area contributed by atoms with Gasteiger partial charge in [-0.3, -0.25) is 14.3 Å². The summed E-state index contributed by atoms with van der Waals surface area (Å²) in [5.41, 5.74) is 0.900. The number of hydrogen-bond donors (Lipinski definition) is 1. The highest BCUT2D eigenvalue weighted by Gasteiger charge is 2.22. The van der Waals surface area contributed by atoms with Gasteiger partial charge in [0.15, 0.2) is 5.43 Å². The lowest BCUT2D eigenvalue weighted by molar-refractivity contribution is 0.0919. The van der Waals surface area contributed by atoms with Crippen molar-refractivity contribution in [1.29, 1.82) is 0 Å². The van der Waals surface area contributed by atoms with Gasteiger partial charge in [-0.05, 0) is 19.3 Å². The molecule has 0 aliphatic carbocycles. The monoisotopic (exact) mass is 317 g/mol. The molecule has 0 saturated heterocycles. The third-order valence-electron chi connectivity index (χ3n) is 3.82. The van der Waals surface area contributed by atoms with Crippen LogP contribution in [0.2, 0.25) is 0 Å². The van der Waals surface area contributed by atoms with Crippen molar-refractivity contribution >= 4 is 5.91 Å². The van der Waals surface area contributed by atoms with Crippen molar-refractivity contribution in [1.82, 2.24) is 24.6 Å². The van der Waals surface area contributed by atoms with Gasteiger partial charge in [-0.25, -0.2) is 4.98 Å². The van der Waals surface area contributed by atoms with Gasteiger partial charge in [-0.15, -0.1) is 0 Å². The molecule has 0 unspecified atom stereocenters. The maximum atomic E-state index is 12.6. The molecule has 7 heteroatoms. The van der Waals surface area contributed by atoms with Crippen molar-refractivity contribution in [2.24, 2.45) is 20.0 Å². The molecule has 2 aromatic rings. The van der Waals surface area contributed by atoms with Crippen LogP contribution in [0.3, 0.4) is 0 Å². The molecule has 7 nitrogen and oxygen atoms in total. The maximum absolute atomic E-state index is 12.6. The molecule has 2 heterocycles. The van der Waals surface area contributed by atoms with E-state index in [0.717, 1.165) is 12.1 Å². The first-order valence-corrected chi connectivity index (χ1v) is 7.62. The van der Waals surface area contributed by atoms with Gasteiger partial charge >= 0.3 is 0 Å². The van der Waals surface area contributed by atoms with Gasteiger partial charge in [0.25, 0.3) is 5.91 Å². The Morgan fingerprint density at radius 2 is 2.00 bits per heavy atom. The summed E-state index contributed by atoms with van der Waals surface area (Å²) in [7, 11) is 3.56. The molecule has 0 fully saturated rings. The number of nitrogens with one attached hydrogen (secondary N) is 1. The number of aryl methyl sites for hydroxylation is 2. The van der Waals surface area contributed by atoms with Crippen LogP contribution in [0.5, 0.6) is 0 Å². The predicted molar refractivity (Wildman–Crippen MR) is 87.1 cm³/mol. The molecule has 2 rings (SSSR count). The van der Waals surface area contributed by atoms with Crippen LogP contribution in [0.25, 0.3) is 0 Å². The van der Waals surface area contributed by atoms with Crippen molar-refractivity contribution in [3.63, 3.8) is 0 Å². The topological polar surface area (TPSA) is 81.8 Å². The number of hydrogen-bond acceptors (Lipinski definition) is 4. The van der Waals surface area contributed by atoms with Crippen LogP contribution >= 0.6 is 0 Å². The molecule has 0 aromatic carbocycles. The Morgan fingerprint density at radius 1 is 1.30 bits per heavy atom. The number of nitrogens with zero attached hydrogens (tertiary/aromatic N) is 4. The Labute approximate surface area is 135 Å². The normalized spacial score (nSPS) is 12.4. The Balaban J connectivity index is 2.32. The van der Waals surface area contributed by atoms with Crippen LogP contribution in [0.4, 0.5) is 0 Å². The number of pyridine rings is 1. The Morgan fingerprint density at radius 3 is 2.57 bits per heavy atom. The molecule has 0 radical (unpaired) electrons. The lowest BCUT2D eigenvalue weighted by Gasteiger charge is -2.21. The summed E-state index contributed by atoms with van der Waals surface area (Å²) in [5.74, 6) is 0.782. The van der Waals surface area contributed by atoms with E-state index >= 15 is 0 Å². The molecule has 23 heavy (non-hydrogen) atoms. The molecule has 0 aliphatic rings. The number of carbonyl (C=O) groups excluding carboxylic acids is 1. The molecule has 1 amide bonds. The van der Waals surface area contributed by atoms with Crippen LogP contribution in [-0.4, -0.2) is 25.2 Å². The fourth-order valence-corrected chi connectivity index (χ4v) is 2.54. The minimum Gasteiger partial charge on any atom is -0.344 e. The van der Waals surface area contributed by atoms with E-state index in [1.54, 1.807) is 30.3 Å². The van der Waals surface area contributed by atoms with Crippen molar-refractivity contribution in [3.8, 4) is 0 Å². The molecule has 1 N–H and O–H groups in total. The van der Waals surface area contributed by atoms with Crippen LogP contribution < -0.4 is 10.7 Å². The molecule has 0 saturated carbocycles. The first kappa shape index (κ1) is 16.9. The highest BCUT2D eigenvalue weighted by atomic mass is 16.2. The van der Waals surface area contributed by atoms with E-state index in [-0.39, 0.29) is 17.4 Å². The van der Waals surface area contributed by atoms with E-state index in [1.165, 1.54) is 18.5 Å². The smallest absolute Gasteiger partial charge is 0.268 e. The fourth-order valence-electron chi connectivity index (χ4n) is 2.54. The zero-order chi connectivity index (χ0) is 17.1. The van der Waals surface area contributed by atoms with Gasteiger partial charge in [0.1, 0.15) is 17.8 Å². The summed E-state index contributed by atoms with van der Waals surface area (Å²) in [4.78, 5) is 28.6. The molecule has 0 spiro atoms. The van der Waals surface area contributed by atoms with Gasteiger partial charge in [0.05, 0.1) is 6.04 Å². The van der Waals surface area contributed by atoms with E-state index in [9.17, 15) is 9.59 Å². The second-order valence-electron chi connectivity index (χ2n) is 6.17. The van der Waals surface area contributed by atoms with Gasteiger partial charge in [0.2, 0.25) is 0 Å². The average molecular weight is 317 g/mol. The summed E-state index contributed by atoms with van der Waals surface area (Å²) in [6, 6.07) is 2.60. The minimum absolute atomic E-state index is 0.176. The molecule has 0 bridgehead atoms. The van der Waals surface area contributed by atoms with E-state index in [1.807, 2.05) is 0 Å². The quantitative estimate of drug-likeness (QED) is 0.902. The fraction of sp³-hybridized carbons (Fsp3) is 0.500. The predicted octanol–water partition coefficient (Wildman–Crippen LogP) is 1.34. The molecular weight excluding hydrogens is 294 g/mol. The first-order chi connectivity index (χ1) is 10.8. The van der Waals surface area contributed by atoms with E-state index in [2.05, 4.69) is 29.2 Å². The molecule has 124 valence electrons. The third kappa shape index (κ3) is 3.85. The van der Waals surface area contributed by atoms with Crippen LogP contribution in [0.1, 0.15) is 48.3 Å². The van der Waals surface area contributed by atoms with Gasteiger partial charge < -0.3 is 9.88 Å². The van der Waals surface area contributed by atoms with Crippen LogP contribution in [-0.2, 0) is 14.1 Å². The lowest BCUT2D eigenvalue weighted by atomic mass is 10.0. The Kier molecular flexibility index (Phi) is 4.98. The summed E-state index contributed by atoms with van der Waals surface area (Å²) >= 11 is 0. The Bertz CT molecular complexity index is 760. The zero-order valence-corrected chi connectivity index (χ0v) is 14.2.